The van der Waals surface area contributed by atoms with Crippen LogP contribution in [0.25, 0.3) is 11.1 Å². The Kier molecular flexibility index (Phi) is 9.29. The number of carboxylic acids is 1. The summed E-state index contributed by atoms with van der Waals surface area (Å²) in [5, 5.41) is 14.0. The number of carbonyl (C=O) groups excluding carboxylic acids is 4. The summed E-state index contributed by atoms with van der Waals surface area (Å²) in [7, 11) is 0. The SMILES string of the molecule is CC(C)(C)OC(=O)C[C@H](NC(=O)OCC1c2ccccc2-c2ccccc21)C(=O)N[C@@H](CCC(N)=O)C(=O)O. The number of carbonyl (C=O) groups is 5. The van der Waals surface area contributed by atoms with Gasteiger partial charge < -0.3 is 30.9 Å². The molecule has 1 aliphatic carbocycles. The Morgan fingerprint density at radius 1 is 0.923 bits per heavy atom. The van der Waals surface area contributed by atoms with Crippen LogP contribution < -0.4 is 16.4 Å². The highest BCUT2D eigenvalue weighted by Gasteiger charge is 2.32. The van der Waals surface area contributed by atoms with Gasteiger partial charge in [0.15, 0.2) is 0 Å². The number of nitrogens with two attached hydrogens (primary N) is 1. The van der Waals surface area contributed by atoms with E-state index in [9.17, 15) is 29.1 Å². The van der Waals surface area contributed by atoms with Crippen molar-refractivity contribution in [2.45, 2.75) is 63.6 Å². The standard InChI is InChI=1S/C28H33N3O8/c1-28(2,3)39-24(33)14-22(25(34)30-21(26(35)36)12-13-23(29)32)31-27(37)38-15-20-18-10-6-4-8-16(18)17-9-5-7-11-19(17)20/h4-11,20-22H,12-15H2,1-3H3,(H2,29,32)(H,30,34)(H,31,37)(H,35,36)/t21-,22-/m0/s1. The molecule has 0 saturated heterocycles. The molecule has 0 aliphatic heterocycles. The normalized spacial score (nSPS) is 13.8. The Balaban J connectivity index is 1.71. The number of fused-ring (bicyclic) bond motifs is 3. The van der Waals surface area contributed by atoms with Crippen LogP contribution in [0.1, 0.15) is 57.1 Å². The third-order valence-electron chi connectivity index (χ3n) is 6.04. The number of carboxylic acid groups (broad SMARTS) is 1. The van der Waals surface area contributed by atoms with Gasteiger partial charge in [-0.1, -0.05) is 48.5 Å². The minimum absolute atomic E-state index is 0.0308. The van der Waals surface area contributed by atoms with Gasteiger partial charge in [0.25, 0.3) is 0 Å². The monoisotopic (exact) mass is 539 g/mol. The Hall–Kier alpha value is -4.41. The van der Waals surface area contributed by atoms with Gasteiger partial charge in [-0.15, -0.1) is 0 Å². The molecule has 5 N–H and O–H groups in total. The lowest BCUT2D eigenvalue weighted by molar-refractivity contribution is -0.156. The van der Waals surface area contributed by atoms with Gasteiger partial charge in [0.2, 0.25) is 11.8 Å². The molecule has 0 heterocycles. The van der Waals surface area contributed by atoms with Crippen LogP contribution in [0.2, 0.25) is 0 Å². The summed E-state index contributed by atoms with van der Waals surface area (Å²) in [6.07, 6.45) is -2.09. The smallest absolute Gasteiger partial charge is 0.407 e. The average Bonchev–Trinajstić information content (AvgIpc) is 3.17. The van der Waals surface area contributed by atoms with E-state index in [0.29, 0.717) is 0 Å². The summed E-state index contributed by atoms with van der Waals surface area (Å²) >= 11 is 0. The van der Waals surface area contributed by atoms with Crippen molar-refractivity contribution in [3.05, 3.63) is 59.7 Å². The third-order valence-corrected chi connectivity index (χ3v) is 6.04. The molecule has 3 rings (SSSR count). The second-order valence-electron chi connectivity index (χ2n) is 10.2. The van der Waals surface area contributed by atoms with Crippen molar-refractivity contribution >= 4 is 29.8 Å². The van der Waals surface area contributed by atoms with Gasteiger partial charge in [-0.2, -0.15) is 0 Å². The van der Waals surface area contributed by atoms with E-state index >= 15 is 0 Å². The maximum atomic E-state index is 13.0. The maximum Gasteiger partial charge on any atom is 0.407 e. The number of hydrogen-bond acceptors (Lipinski definition) is 7. The lowest BCUT2D eigenvalue weighted by atomic mass is 9.98. The fourth-order valence-electron chi connectivity index (χ4n) is 4.36. The lowest BCUT2D eigenvalue weighted by Crippen LogP contribution is -2.53. The topological polar surface area (TPSA) is 174 Å². The molecule has 2 aromatic rings. The average molecular weight is 540 g/mol. The first-order valence-electron chi connectivity index (χ1n) is 12.5. The highest BCUT2D eigenvalue weighted by Crippen LogP contribution is 2.44. The van der Waals surface area contributed by atoms with Gasteiger partial charge in [0.05, 0.1) is 6.42 Å². The van der Waals surface area contributed by atoms with E-state index in [1.165, 1.54) is 0 Å². The van der Waals surface area contributed by atoms with Crippen molar-refractivity contribution in [2.24, 2.45) is 5.73 Å². The summed E-state index contributed by atoms with van der Waals surface area (Å²) in [6.45, 7) is 4.90. The largest absolute Gasteiger partial charge is 0.480 e. The summed E-state index contributed by atoms with van der Waals surface area (Å²) in [6, 6.07) is 12.6. The van der Waals surface area contributed by atoms with Gasteiger partial charge in [-0.3, -0.25) is 14.4 Å². The van der Waals surface area contributed by atoms with Crippen molar-refractivity contribution in [3.8, 4) is 11.1 Å². The number of aliphatic carboxylic acids is 1. The molecule has 0 unspecified atom stereocenters. The Morgan fingerprint density at radius 2 is 1.49 bits per heavy atom. The van der Waals surface area contributed by atoms with Crippen LogP contribution in [-0.2, 0) is 28.7 Å². The first kappa shape index (κ1) is 29.2. The second-order valence-corrected chi connectivity index (χ2v) is 10.2. The van der Waals surface area contributed by atoms with Crippen molar-refractivity contribution < 1.29 is 38.6 Å². The zero-order valence-electron chi connectivity index (χ0n) is 22.1. The number of rotatable bonds is 11. The van der Waals surface area contributed by atoms with Crippen LogP contribution >= 0.6 is 0 Å². The molecule has 0 spiro atoms. The van der Waals surface area contributed by atoms with Crippen LogP contribution in [0.3, 0.4) is 0 Å². The minimum Gasteiger partial charge on any atom is -0.480 e. The fourth-order valence-corrected chi connectivity index (χ4v) is 4.36. The van der Waals surface area contributed by atoms with Crippen LogP contribution in [-0.4, -0.2) is 59.2 Å². The number of ether oxygens (including phenoxy) is 2. The molecule has 39 heavy (non-hydrogen) atoms. The number of nitrogens with one attached hydrogen (secondary N) is 2. The zero-order valence-corrected chi connectivity index (χ0v) is 22.1. The number of alkyl carbamates (subject to hydrolysis) is 1. The first-order valence-corrected chi connectivity index (χ1v) is 12.5. The molecule has 0 fully saturated rings. The highest BCUT2D eigenvalue weighted by atomic mass is 16.6. The van der Waals surface area contributed by atoms with E-state index in [2.05, 4.69) is 10.6 Å². The molecule has 2 aromatic carbocycles. The van der Waals surface area contributed by atoms with E-state index in [0.717, 1.165) is 22.3 Å². The van der Waals surface area contributed by atoms with Crippen LogP contribution in [0.4, 0.5) is 4.79 Å². The lowest BCUT2D eigenvalue weighted by Gasteiger charge is -2.24. The maximum absolute atomic E-state index is 13.0. The molecular formula is C28H33N3O8. The number of benzene rings is 2. The van der Waals surface area contributed by atoms with E-state index < -0.39 is 54.0 Å². The molecule has 0 bridgehead atoms. The zero-order chi connectivity index (χ0) is 28.7. The van der Waals surface area contributed by atoms with Crippen molar-refractivity contribution in [1.29, 1.82) is 0 Å². The third kappa shape index (κ3) is 8.03. The molecule has 11 heteroatoms. The highest BCUT2D eigenvalue weighted by molar-refractivity contribution is 5.92. The van der Waals surface area contributed by atoms with Crippen LogP contribution in [0, 0.1) is 0 Å². The fraction of sp³-hybridized carbons (Fsp3) is 0.393. The number of hydrogen-bond donors (Lipinski definition) is 4. The van der Waals surface area contributed by atoms with Gasteiger partial charge in [0.1, 0.15) is 24.3 Å². The van der Waals surface area contributed by atoms with Gasteiger partial charge in [0, 0.05) is 12.3 Å². The molecule has 11 nitrogen and oxygen atoms in total. The summed E-state index contributed by atoms with van der Waals surface area (Å²) < 4.78 is 10.7. The Morgan fingerprint density at radius 3 is 2.00 bits per heavy atom. The van der Waals surface area contributed by atoms with Crippen LogP contribution in [0.5, 0.6) is 0 Å². The second kappa shape index (κ2) is 12.4. The van der Waals surface area contributed by atoms with Gasteiger partial charge >= 0.3 is 18.0 Å². The quantitative estimate of drug-likeness (QED) is 0.315. The van der Waals surface area contributed by atoms with E-state index in [1.807, 2.05) is 48.5 Å². The molecular weight excluding hydrogens is 506 g/mol. The van der Waals surface area contributed by atoms with E-state index in [1.54, 1.807) is 20.8 Å². The Bertz CT molecular complexity index is 1210. The number of amides is 3. The first-order chi connectivity index (χ1) is 18.4. The molecule has 0 radical (unpaired) electrons. The predicted octanol–water partition coefficient (Wildman–Crippen LogP) is 2.46. The van der Waals surface area contributed by atoms with Crippen LogP contribution in [0.15, 0.2) is 48.5 Å². The summed E-state index contributed by atoms with van der Waals surface area (Å²) in [4.78, 5) is 60.9. The summed E-state index contributed by atoms with van der Waals surface area (Å²) in [5.74, 6) is -4.11. The molecule has 208 valence electrons. The molecule has 0 saturated carbocycles. The van der Waals surface area contributed by atoms with Crippen molar-refractivity contribution in [3.63, 3.8) is 0 Å². The predicted molar refractivity (Wildman–Crippen MR) is 140 cm³/mol. The minimum atomic E-state index is -1.49. The van der Waals surface area contributed by atoms with E-state index in [-0.39, 0.29) is 25.4 Å². The molecule has 0 aromatic heterocycles. The molecule has 2 atom stereocenters. The van der Waals surface area contributed by atoms with Gasteiger partial charge in [-0.25, -0.2) is 9.59 Å². The number of primary amides is 1. The van der Waals surface area contributed by atoms with Gasteiger partial charge in [-0.05, 0) is 49.4 Å². The van der Waals surface area contributed by atoms with E-state index in [4.69, 9.17) is 15.2 Å². The molecule has 3 amide bonds. The van der Waals surface area contributed by atoms with Crippen molar-refractivity contribution in [2.75, 3.05) is 6.61 Å². The molecule has 1 aliphatic rings. The summed E-state index contributed by atoms with van der Waals surface area (Å²) in [5.41, 5.74) is 8.30. The van der Waals surface area contributed by atoms with Crippen molar-refractivity contribution in [1.82, 2.24) is 10.6 Å². The number of esters is 1. The Labute approximate surface area is 226 Å².